The number of aliphatic hydroxyl groups is 1. The number of rotatable bonds is 6. The van der Waals surface area contributed by atoms with Crippen LogP contribution in [0.5, 0.6) is 5.75 Å². The number of carbonyl (C=O) groups excluding carboxylic acids is 3. The van der Waals surface area contributed by atoms with Gasteiger partial charge >= 0.3 is 17.9 Å². The molecule has 1 aliphatic rings. The van der Waals surface area contributed by atoms with Crippen molar-refractivity contribution in [2.24, 2.45) is 5.92 Å². The van der Waals surface area contributed by atoms with Gasteiger partial charge in [0.05, 0.1) is 25.4 Å². The quantitative estimate of drug-likeness (QED) is 0.419. The van der Waals surface area contributed by atoms with Gasteiger partial charge in [-0.3, -0.25) is 4.79 Å². The van der Waals surface area contributed by atoms with Gasteiger partial charge in [-0.05, 0) is 19.1 Å². The summed E-state index contributed by atoms with van der Waals surface area (Å²) < 4.78 is 19.3. The number of phenolic OH excluding ortho intramolecular Hbond substituents is 1. The monoisotopic (exact) mass is 392 g/mol. The third-order valence-corrected chi connectivity index (χ3v) is 4.05. The lowest BCUT2D eigenvalue weighted by molar-refractivity contribution is -0.153. The zero-order chi connectivity index (χ0) is 20.7. The fourth-order valence-electron chi connectivity index (χ4n) is 2.63. The first kappa shape index (κ1) is 21.0. The van der Waals surface area contributed by atoms with E-state index in [2.05, 4.69) is 4.74 Å². The van der Waals surface area contributed by atoms with Crippen molar-refractivity contribution in [3.8, 4) is 5.75 Å². The number of aromatic hydroxyl groups is 1. The Hall–Kier alpha value is -3.33. The van der Waals surface area contributed by atoms with Crippen LogP contribution in [0.15, 0.2) is 47.7 Å². The van der Waals surface area contributed by atoms with Crippen molar-refractivity contribution in [3.05, 3.63) is 53.3 Å². The largest absolute Gasteiger partial charge is 0.507 e. The van der Waals surface area contributed by atoms with Crippen molar-refractivity contribution in [2.75, 3.05) is 13.9 Å². The molecule has 1 aromatic rings. The van der Waals surface area contributed by atoms with Crippen molar-refractivity contribution in [3.63, 3.8) is 0 Å². The van der Waals surface area contributed by atoms with E-state index in [-0.39, 0.29) is 23.3 Å². The molecular formula is C19H20O9. The van der Waals surface area contributed by atoms with E-state index in [9.17, 15) is 24.6 Å². The predicted octanol–water partition coefficient (Wildman–Crippen LogP) is 1.41. The van der Waals surface area contributed by atoms with Crippen molar-refractivity contribution < 1.29 is 43.5 Å². The molecule has 0 aliphatic carbocycles. The number of aliphatic hydroxyl groups excluding tert-OH is 1. The molecule has 0 aromatic heterocycles. The second kappa shape index (κ2) is 9.56. The van der Waals surface area contributed by atoms with E-state index in [4.69, 9.17) is 14.2 Å². The molecule has 2 atom stereocenters. The second-order valence-corrected chi connectivity index (χ2v) is 5.68. The van der Waals surface area contributed by atoms with E-state index < -0.39 is 36.9 Å². The Labute approximate surface area is 160 Å². The molecule has 0 radical (unpaired) electrons. The third-order valence-electron chi connectivity index (χ3n) is 4.05. The van der Waals surface area contributed by atoms with E-state index in [1.807, 2.05) is 0 Å². The molecule has 1 aliphatic heterocycles. The van der Waals surface area contributed by atoms with E-state index in [0.717, 1.165) is 6.26 Å². The van der Waals surface area contributed by atoms with Gasteiger partial charge in [0.1, 0.15) is 11.3 Å². The maximum absolute atomic E-state index is 12.1. The molecule has 28 heavy (non-hydrogen) atoms. The first-order valence-electron chi connectivity index (χ1n) is 8.27. The zero-order valence-electron chi connectivity index (χ0n) is 15.3. The van der Waals surface area contributed by atoms with Gasteiger partial charge in [-0.15, -0.1) is 0 Å². The molecule has 1 aromatic carbocycles. The number of phenols is 1. The number of allylic oxidation sites excluding steroid dienone is 1. The maximum atomic E-state index is 12.1. The number of para-hydroxylation sites is 1. The molecule has 2 unspecified atom stereocenters. The van der Waals surface area contributed by atoms with E-state index in [0.29, 0.717) is 5.57 Å². The topological polar surface area (TPSA) is 129 Å². The van der Waals surface area contributed by atoms with Crippen LogP contribution in [0.1, 0.15) is 23.7 Å². The summed E-state index contributed by atoms with van der Waals surface area (Å²) in [6, 6.07) is 5.75. The molecule has 0 saturated carbocycles. The minimum absolute atomic E-state index is 0.0454. The highest BCUT2D eigenvalue weighted by Gasteiger charge is 2.35. The standard InChI is InChI=1S/C19H20O9/c1-3-11-13(14(17(22)25-2)9-26-18(11)23)8-16(21)27-10-28-19(24)12-6-4-5-7-15(12)20/h3-7,9,13,18,20,23H,8,10H2,1-2H3/b11-3-. The normalized spacial score (nSPS) is 20.0. The molecule has 0 amide bonds. The summed E-state index contributed by atoms with van der Waals surface area (Å²) in [5, 5.41) is 19.5. The summed E-state index contributed by atoms with van der Waals surface area (Å²) in [6.45, 7) is 0.939. The van der Waals surface area contributed by atoms with Crippen LogP contribution < -0.4 is 0 Å². The van der Waals surface area contributed by atoms with Crippen LogP contribution in [0.3, 0.4) is 0 Å². The first-order valence-corrected chi connectivity index (χ1v) is 8.27. The van der Waals surface area contributed by atoms with Gasteiger partial charge in [-0.2, -0.15) is 0 Å². The van der Waals surface area contributed by atoms with Gasteiger partial charge < -0.3 is 29.2 Å². The van der Waals surface area contributed by atoms with Crippen LogP contribution in [0, 0.1) is 5.92 Å². The highest BCUT2D eigenvalue weighted by molar-refractivity contribution is 5.92. The van der Waals surface area contributed by atoms with Gasteiger partial charge in [0.25, 0.3) is 0 Å². The summed E-state index contributed by atoms with van der Waals surface area (Å²) >= 11 is 0. The van der Waals surface area contributed by atoms with Crippen LogP contribution in [0.4, 0.5) is 0 Å². The predicted molar refractivity (Wildman–Crippen MR) is 93.5 cm³/mol. The lowest BCUT2D eigenvalue weighted by Crippen LogP contribution is -2.31. The number of esters is 3. The van der Waals surface area contributed by atoms with Gasteiger partial charge in [0.15, 0.2) is 0 Å². The number of hydrogen-bond donors (Lipinski definition) is 2. The van der Waals surface area contributed by atoms with E-state index >= 15 is 0 Å². The lowest BCUT2D eigenvalue weighted by atomic mass is 9.86. The molecule has 9 nitrogen and oxygen atoms in total. The minimum Gasteiger partial charge on any atom is -0.507 e. The van der Waals surface area contributed by atoms with Gasteiger partial charge in [0, 0.05) is 11.5 Å². The van der Waals surface area contributed by atoms with E-state index in [1.54, 1.807) is 13.0 Å². The molecule has 0 spiro atoms. The Bertz CT molecular complexity index is 809. The van der Waals surface area contributed by atoms with Crippen LogP contribution >= 0.6 is 0 Å². The van der Waals surface area contributed by atoms with Crippen molar-refractivity contribution in [1.82, 2.24) is 0 Å². The Morgan fingerprint density at radius 1 is 1.18 bits per heavy atom. The van der Waals surface area contributed by atoms with Gasteiger partial charge in [0.2, 0.25) is 13.1 Å². The minimum atomic E-state index is -1.31. The second-order valence-electron chi connectivity index (χ2n) is 5.68. The molecule has 2 rings (SSSR count). The summed E-state index contributed by atoms with van der Waals surface area (Å²) in [6.07, 6.45) is 0.945. The number of methoxy groups -OCH3 is 1. The molecule has 9 heteroatoms. The molecule has 1 heterocycles. The van der Waals surface area contributed by atoms with Gasteiger partial charge in [-0.1, -0.05) is 18.2 Å². The van der Waals surface area contributed by atoms with Crippen LogP contribution in [-0.4, -0.2) is 48.3 Å². The molecule has 150 valence electrons. The average Bonchev–Trinajstić information content (AvgIpc) is 2.68. The Kier molecular flexibility index (Phi) is 7.16. The number of carbonyl (C=O) groups is 3. The highest BCUT2D eigenvalue weighted by atomic mass is 16.7. The average molecular weight is 392 g/mol. The summed E-state index contributed by atoms with van der Waals surface area (Å²) in [4.78, 5) is 35.9. The molecular weight excluding hydrogens is 372 g/mol. The number of hydrogen-bond acceptors (Lipinski definition) is 9. The third kappa shape index (κ3) is 4.89. The Morgan fingerprint density at radius 3 is 2.54 bits per heavy atom. The lowest BCUT2D eigenvalue weighted by Gasteiger charge is -2.28. The summed E-state index contributed by atoms with van der Waals surface area (Å²) in [5.41, 5.74) is 0.272. The maximum Gasteiger partial charge on any atom is 0.344 e. The van der Waals surface area contributed by atoms with Crippen LogP contribution in [0.25, 0.3) is 0 Å². The zero-order valence-corrected chi connectivity index (χ0v) is 15.3. The summed E-state index contributed by atoms with van der Waals surface area (Å²) in [7, 11) is 1.18. The molecule has 2 N–H and O–H groups in total. The van der Waals surface area contributed by atoms with Crippen LogP contribution in [-0.2, 0) is 28.5 Å². The first-order chi connectivity index (χ1) is 13.4. The molecule has 0 saturated heterocycles. The SMILES string of the molecule is C/C=C1\C(O)OC=C(C(=O)OC)C1CC(=O)OCOC(=O)c1ccccc1O. The fraction of sp³-hybridized carbons (Fsp3) is 0.316. The van der Waals surface area contributed by atoms with Crippen molar-refractivity contribution in [1.29, 1.82) is 0 Å². The Balaban J connectivity index is 1.97. The molecule has 0 fully saturated rings. The molecule has 0 bridgehead atoms. The van der Waals surface area contributed by atoms with Crippen molar-refractivity contribution >= 4 is 17.9 Å². The summed E-state index contributed by atoms with van der Waals surface area (Å²) in [5.74, 6) is -3.44. The Morgan fingerprint density at radius 2 is 1.89 bits per heavy atom. The van der Waals surface area contributed by atoms with E-state index in [1.165, 1.54) is 31.4 Å². The number of ether oxygens (including phenoxy) is 4. The van der Waals surface area contributed by atoms with Gasteiger partial charge in [-0.25, -0.2) is 9.59 Å². The van der Waals surface area contributed by atoms with Crippen LogP contribution in [0.2, 0.25) is 0 Å². The highest BCUT2D eigenvalue weighted by Crippen LogP contribution is 2.32. The number of benzene rings is 1. The fourth-order valence-corrected chi connectivity index (χ4v) is 2.63. The van der Waals surface area contributed by atoms with Crippen molar-refractivity contribution in [2.45, 2.75) is 19.6 Å². The smallest absolute Gasteiger partial charge is 0.344 e.